The minimum atomic E-state index is -1.04. The number of ether oxygens (including phenoxy) is 1. The first-order chi connectivity index (χ1) is 16.0. The lowest BCUT2D eigenvalue weighted by Crippen LogP contribution is -2.49. The SMILES string of the molecule is O=C(O)c1cc2c(cn1)[N+](CCN1CCOCC1)(Cc1cc(Cl)ccc1Cl)c1ccccc1-2. The monoisotopic (exact) mass is 484 g/mol. The van der Waals surface area contributed by atoms with Crippen LogP contribution in [-0.2, 0) is 11.3 Å². The van der Waals surface area contributed by atoms with E-state index in [1.54, 1.807) is 18.3 Å². The Hall–Kier alpha value is -2.48. The highest BCUT2D eigenvalue weighted by molar-refractivity contribution is 6.33. The molecule has 1 unspecified atom stereocenters. The van der Waals surface area contributed by atoms with Crippen molar-refractivity contribution in [1.29, 1.82) is 0 Å². The predicted octanol–water partition coefficient (Wildman–Crippen LogP) is 5.24. The van der Waals surface area contributed by atoms with Crippen LogP contribution < -0.4 is 4.48 Å². The number of halogens is 2. The number of carboxylic acids is 1. The minimum Gasteiger partial charge on any atom is -0.477 e. The molecule has 0 spiro atoms. The van der Waals surface area contributed by atoms with E-state index in [1.165, 1.54) is 0 Å². The molecule has 1 fully saturated rings. The molecule has 1 aromatic heterocycles. The fraction of sp³-hybridized carbons (Fsp3) is 0.280. The van der Waals surface area contributed by atoms with Crippen molar-refractivity contribution in [3.63, 3.8) is 0 Å². The second-order valence-electron chi connectivity index (χ2n) is 8.45. The number of rotatable bonds is 6. The van der Waals surface area contributed by atoms with Gasteiger partial charge < -0.3 is 9.84 Å². The number of pyridine rings is 1. The molecular weight excluding hydrogens is 461 g/mol. The average Bonchev–Trinajstić information content (AvgIpc) is 3.10. The largest absolute Gasteiger partial charge is 0.477 e. The number of aromatic nitrogens is 1. The molecule has 0 bridgehead atoms. The van der Waals surface area contributed by atoms with Gasteiger partial charge in [-0.1, -0.05) is 35.3 Å². The quantitative estimate of drug-likeness (QED) is 0.484. The highest BCUT2D eigenvalue weighted by Gasteiger charge is 2.45. The first-order valence-electron chi connectivity index (χ1n) is 10.9. The second kappa shape index (κ2) is 9.05. The van der Waals surface area contributed by atoms with E-state index < -0.39 is 5.97 Å². The number of carbonyl (C=O) groups is 1. The van der Waals surface area contributed by atoms with Crippen LogP contribution >= 0.6 is 23.2 Å². The van der Waals surface area contributed by atoms with Crippen LogP contribution in [0, 0.1) is 0 Å². The Labute approximate surface area is 202 Å². The zero-order chi connectivity index (χ0) is 23.0. The van der Waals surface area contributed by atoms with E-state index in [4.69, 9.17) is 27.9 Å². The molecular formula is C25H24Cl2N3O3+. The van der Waals surface area contributed by atoms with Gasteiger partial charge in [0, 0.05) is 46.9 Å². The number of hydrogen-bond donors (Lipinski definition) is 1. The van der Waals surface area contributed by atoms with E-state index in [9.17, 15) is 9.90 Å². The molecule has 8 heteroatoms. The maximum atomic E-state index is 11.7. The van der Waals surface area contributed by atoms with Crippen LogP contribution in [0.25, 0.3) is 11.1 Å². The van der Waals surface area contributed by atoms with E-state index in [2.05, 4.69) is 16.0 Å². The third-order valence-corrected chi connectivity index (χ3v) is 7.17. The van der Waals surface area contributed by atoms with E-state index in [0.717, 1.165) is 67.5 Å². The summed E-state index contributed by atoms with van der Waals surface area (Å²) in [6, 6.07) is 15.4. The summed E-state index contributed by atoms with van der Waals surface area (Å²) in [4.78, 5) is 18.4. The van der Waals surface area contributed by atoms with Gasteiger partial charge in [0.15, 0.2) is 5.69 Å². The maximum absolute atomic E-state index is 11.7. The van der Waals surface area contributed by atoms with Crippen molar-refractivity contribution in [2.24, 2.45) is 0 Å². The highest BCUT2D eigenvalue weighted by Crippen LogP contribution is 2.54. The Kier molecular flexibility index (Phi) is 6.12. The third-order valence-electron chi connectivity index (χ3n) is 6.57. The van der Waals surface area contributed by atoms with Crippen molar-refractivity contribution in [2.45, 2.75) is 6.54 Å². The van der Waals surface area contributed by atoms with Gasteiger partial charge >= 0.3 is 5.97 Å². The number of aromatic carboxylic acids is 1. The van der Waals surface area contributed by atoms with Crippen molar-refractivity contribution >= 4 is 40.5 Å². The number of carboxylic acid groups (broad SMARTS) is 1. The molecule has 5 rings (SSSR count). The van der Waals surface area contributed by atoms with Crippen molar-refractivity contribution in [1.82, 2.24) is 14.4 Å². The molecule has 0 saturated carbocycles. The Morgan fingerprint density at radius 2 is 1.85 bits per heavy atom. The average molecular weight is 485 g/mol. The summed E-state index contributed by atoms with van der Waals surface area (Å²) in [6.07, 6.45) is 1.72. The number of fused-ring (bicyclic) bond motifs is 3. The molecule has 33 heavy (non-hydrogen) atoms. The number of quaternary nitrogens is 1. The summed E-state index contributed by atoms with van der Waals surface area (Å²) in [7, 11) is 0. The van der Waals surface area contributed by atoms with Crippen LogP contribution in [0.5, 0.6) is 0 Å². The molecule has 2 aliphatic heterocycles. The highest BCUT2D eigenvalue weighted by atomic mass is 35.5. The molecule has 3 heterocycles. The Morgan fingerprint density at radius 1 is 1.06 bits per heavy atom. The van der Waals surface area contributed by atoms with Crippen LogP contribution in [0.1, 0.15) is 16.1 Å². The molecule has 0 aliphatic carbocycles. The molecule has 2 aromatic carbocycles. The maximum Gasteiger partial charge on any atom is 0.354 e. The van der Waals surface area contributed by atoms with Crippen molar-refractivity contribution in [3.05, 3.63) is 76.0 Å². The summed E-state index contributed by atoms with van der Waals surface area (Å²) in [6.45, 7) is 5.47. The van der Waals surface area contributed by atoms with Crippen LogP contribution in [0.4, 0.5) is 11.4 Å². The van der Waals surface area contributed by atoms with Crippen LogP contribution in [-0.4, -0.2) is 60.4 Å². The minimum absolute atomic E-state index is 0.0394. The normalized spacial score (nSPS) is 19.8. The Morgan fingerprint density at radius 3 is 2.64 bits per heavy atom. The lowest BCUT2D eigenvalue weighted by Gasteiger charge is -2.37. The summed E-state index contributed by atoms with van der Waals surface area (Å²) >= 11 is 13.0. The molecule has 3 aromatic rings. The summed E-state index contributed by atoms with van der Waals surface area (Å²) in [5, 5.41) is 10.8. The molecule has 6 nitrogen and oxygen atoms in total. The van der Waals surface area contributed by atoms with Crippen molar-refractivity contribution in [3.8, 4) is 11.1 Å². The Bertz CT molecular complexity index is 1210. The van der Waals surface area contributed by atoms with E-state index in [1.807, 2.05) is 30.3 Å². The molecule has 1 N–H and O–H groups in total. The van der Waals surface area contributed by atoms with E-state index in [0.29, 0.717) is 21.1 Å². The Balaban J connectivity index is 1.66. The molecule has 1 saturated heterocycles. The zero-order valence-corrected chi connectivity index (χ0v) is 19.5. The van der Waals surface area contributed by atoms with Gasteiger partial charge in [0.1, 0.15) is 24.5 Å². The second-order valence-corrected chi connectivity index (χ2v) is 9.29. The molecule has 2 aliphatic rings. The standard InChI is InChI=1S/C25H23Cl2N3O3/c26-18-5-6-21(27)17(13-18)16-30(10-7-29-8-11-33-12-9-29)23-4-2-1-3-19(23)20-14-22(25(31)32)28-15-24(20)30/h1-6,13-15H,7-12,16H2/p+1. The predicted molar refractivity (Wildman–Crippen MR) is 130 cm³/mol. The van der Waals surface area contributed by atoms with Gasteiger partial charge in [0.05, 0.1) is 25.0 Å². The fourth-order valence-corrected chi connectivity index (χ4v) is 5.28. The van der Waals surface area contributed by atoms with E-state index in [-0.39, 0.29) is 5.69 Å². The fourth-order valence-electron chi connectivity index (χ4n) is 4.91. The molecule has 170 valence electrons. The first-order valence-corrected chi connectivity index (χ1v) is 11.7. The third kappa shape index (κ3) is 4.14. The molecule has 0 amide bonds. The zero-order valence-electron chi connectivity index (χ0n) is 18.0. The number of morpholine rings is 1. The van der Waals surface area contributed by atoms with Gasteiger partial charge in [0.25, 0.3) is 0 Å². The number of nitrogens with zero attached hydrogens (tertiary/aromatic N) is 3. The van der Waals surface area contributed by atoms with Gasteiger partial charge in [0.2, 0.25) is 0 Å². The van der Waals surface area contributed by atoms with Gasteiger partial charge in [-0.2, -0.15) is 0 Å². The van der Waals surface area contributed by atoms with Crippen LogP contribution in [0.15, 0.2) is 54.7 Å². The smallest absolute Gasteiger partial charge is 0.354 e. The van der Waals surface area contributed by atoms with E-state index >= 15 is 0 Å². The van der Waals surface area contributed by atoms with Gasteiger partial charge in [-0.25, -0.2) is 9.78 Å². The summed E-state index contributed by atoms with van der Waals surface area (Å²) < 4.78 is 6.02. The molecule has 0 radical (unpaired) electrons. The van der Waals surface area contributed by atoms with Gasteiger partial charge in [-0.05, 0) is 30.3 Å². The topological polar surface area (TPSA) is 62.7 Å². The van der Waals surface area contributed by atoms with Crippen LogP contribution in [0.3, 0.4) is 0 Å². The number of benzene rings is 2. The molecule has 1 atom stereocenters. The lowest BCUT2D eigenvalue weighted by molar-refractivity contribution is 0.0355. The number of para-hydroxylation sites is 1. The summed E-state index contributed by atoms with van der Waals surface area (Å²) in [5.74, 6) is -1.04. The van der Waals surface area contributed by atoms with Crippen LogP contribution in [0.2, 0.25) is 10.0 Å². The number of hydrogen-bond acceptors (Lipinski definition) is 4. The van der Waals surface area contributed by atoms with Gasteiger partial charge in [-0.3, -0.25) is 9.38 Å². The van der Waals surface area contributed by atoms with Crippen molar-refractivity contribution < 1.29 is 14.6 Å². The first kappa shape index (κ1) is 22.3. The van der Waals surface area contributed by atoms with Crippen molar-refractivity contribution in [2.75, 3.05) is 39.4 Å². The summed E-state index contributed by atoms with van der Waals surface area (Å²) in [5.41, 5.74) is 5.00. The van der Waals surface area contributed by atoms with Gasteiger partial charge in [-0.15, -0.1) is 0 Å². The lowest BCUT2D eigenvalue weighted by atomic mass is 10.1.